The van der Waals surface area contributed by atoms with E-state index in [0.29, 0.717) is 0 Å². The Kier molecular flexibility index (Phi) is 5.38. The van der Waals surface area contributed by atoms with Gasteiger partial charge in [0.15, 0.2) is 0 Å². The van der Waals surface area contributed by atoms with E-state index in [1.165, 1.54) is 98.3 Å². The first kappa shape index (κ1) is 27.6. The quantitative estimate of drug-likeness (QED) is 0.181. The van der Waals surface area contributed by atoms with Crippen molar-refractivity contribution in [2.24, 2.45) is 0 Å². The van der Waals surface area contributed by atoms with Gasteiger partial charge in [-0.3, -0.25) is 0 Å². The molecule has 1 nitrogen and oxygen atoms in total. The summed E-state index contributed by atoms with van der Waals surface area (Å²) in [5.74, 6) is 0. The maximum absolute atomic E-state index is 2.52. The zero-order chi connectivity index (χ0) is 33.3. The third kappa shape index (κ3) is 3.45. The van der Waals surface area contributed by atoms with Gasteiger partial charge in [-0.15, -0.1) is 11.3 Å². The van der Waals surface area contributed by atoms with Gasteiger partial charge in [0.25, 0.3) is 0 Å². The van der Waals surface area contributed by atoms with Gasteiger partial charge >= 0.3 is 0 Å². The Morgan fingerprint density at radius 3 is 1.75 bits per heavy atom. The van der Waals surface area contributed by atoms with Crippen molar-refractivity contribution in [2.45, 2.75) is 5.41 Å². The van der Waals surface area contributed by atoms with E-state index < -0.39 is 0 Å². The predicted octanol–water partition coefficient (Wildman–Crippen LogP) is 13.5. The highest BCUT2D eigenvalue weighted by atomic mass is 32.1. The molecule has 1 aromatic heterocycles. The predicted molar refractivity (Wildman–Crippen MR) is 215 cm³/mol. The summed E-state index contributed by atoms with van der Waals surface area (Å²) in [6.45, 7) is 0. The lowest BCUT2D eigenvalue weighted by Crippen LogP contribution is -2.23. The first-order valence-electron chi connectivity index (χ1n) is 17.7. The van der Waals surface area contributed by atoms with E-state index in [1.54, 1.807) is 0 Å². The van der Waals surface area contributed by atoms with Gasteiger partial charge < -0.3 is 4.90 Å². The summed E-state index contributed by atoms with van der Waals surface area (Å²) in [7, 11) is 0. The van der Waals surface area contributed by atoms with Crippen LogP contribution in [0.2, 0.25) is 0 Å². The second-order valence-corrected chi connectivity index (χ2v) is 15.0. The van der Waals surface area contributed by atoms with Crippen LogP contribution in [0.15, 0.2) is 176 Å². The van der Waals surface area contributed by atoms with Gasteiger partial charge in [0.1, 0.15) is 0 Å². The maximum Gasteiger partial charge on any atom is 0.0738 e. The molecule has 2 heteroatoms. The number of hydrogen-bond donors (Lipinski definition) is 0. The first-order chi connectivity index (χ1) is 25.3. The number of hydrogen-bond acceptors (Lipinski definition) is 2. The molecule has 1 spiro atoms. The molecule has 0 aliphatic heterocycles. The van der Waals surface area contributed by atoms with Crippen LogP contribution in [0.1, 0.15) is 22.3 Å². The van der Waals surface area contributed by atoms with E-state index in [4.69, 9.17) is 0 Å². The number of thiophene rings is 1. The molecule has 12 rings (SSSR count). The Labute approximate surface area is 300 Å². The molecular weight excluding hydrogens is 635 g/mol. The molecule has 0 saturated heterocycles. The number of nitrogens with zero attached hydrogens (tertiary/aromatic N) is 1. The molecular formula is C49H29NS. The molecule has 0 amide bonds. The van der Waals surface area contributed by atoms with Crippen molar-refractivity contribution in [2.75, 3.05) is 4.90 Å². The Morgan fingerprint density at radius 2 is 0.961 bits per heavy atom. The minimum Gasteiger partial charge on any atom is -0.309 e. The molecule has 3 aliphatic rings. The van der Waals surface area contributed by atoms with Gasteiger partial charge in [-0.2, -0.15) is 0 Å². The van der Waals surface area contributed by atoms with E-state index in [9.17, 15) is 0 Å². The summed E-state index contributed by atoms with van der Waals surface area (Å²) in [5, 5.41) is 2.61. The van der Waals surface area contributed by atoms with Crippen molar-refractivity contribution >= 4 is 48.6 Å². The number of fused-ring (bicyclic) bond motifs is 8. The monoisotopic (exact) mass is 663 g/mol. The Hall–Kier alpha value is -6.22. The van der Waals surface area contributed by atoms with E-state index in [-0.39, 0.29) is 5.41 Å². The van der Waals surface area contributed by atoms with Crippen molar-refractivity contribution in [3.05, 3.63) is 198 Å². The Morgan fingerprint density at radius 1 is 0.392 bits per heavy atom. The third-order valence-electron chi connectivity index (χ3n) is 11.6. The summed E-state index contributed by atoms with van der Waals surface area (Å²) >= 11 is 1.89. The van der Waals surface area contributed by atoms with E-state index in [1.807, 2.05) is 11.3 Å². The molecule has 0 fully saturated rings. The van der Waals surface area contributed by atoms with Crippen molar-refractivity contribution < 1.29 is 0 Å². The zero-order valence-electron chi connectivity index (χ0n) is 27.6. The Bertz CT molecular complexity index is 2880. The van der Waals surface area contributed by atoms with Gasteiger partial charge in [-0.25, -0.2) is 0 Å². The fourth-order valence-corrected chi connectivity index (χ4v) is 10.9. The molecule has 236 valence electrons. The van der Waals surface area contributed by atoms with Crippen LogP contribution in [0.3, 0.4) is 0 Å². The van der Waals surface area contributed by atoms with E-state index >= 15 is 0 Å². The van der Waals surface area contributed by atoms with Crippen LogP contribution in [0.5, 0.6) is 0 Å². The van der Waals surface area contributed by atoms with Gasteiger partial charge in [-0.1, -0.05) is 140 Å². The summed E-state index contributed by atoms with van der Waals surface area (Å²) in [6, 6.07) is 65.6. The molecule has 0 N–H and O–H groups in total. The lowest BCUT2D eigenvalue weighted by atomic mass is 9.73. The van der Waals surface area contributed by atoms with Crippen LogP contribution < -0.4 is 4.90 Å². The highest BCUT2D eigenvalue weighted by molar-refractivity contribution is 7.26. The minimum absolute atomic E-state index is 0.327. The number of benzene rings is 8. The Balaban J connectivity index is 1.14. The standard InChI is InChI=1S/C49H29NS/c1-2-11-30(12-3-1)31-23-25-32(26-24-31)50(44-21-10-19-41-36-14-5-7-22-45(36)51-48(41)44)33-27-28-35-38-16-9-18-40-39-17-8-15-37-34-13-4-6-20-42(34)49(46(37)39,47(38)40)43(35)29-33/h1-29H. The molecule has 1 unspecified atom stereocenters. The average molecular weight is 664 g/mol. The average Bonchev–Trinajstić information content (AvgIpc) is 3.91. The highest BCUT2D eigenvalue weighted by Crippen LogP contribution is 2.70. The van der Waals surface area contributed by atoms with E-state index in [0.717, 1.165) is 5.69 Å². The summed E-state index contributed by atoms with van der Waals surface area (Å²) in [5.41, 5.74) is 19.5. The third-order valence-corrected chi connectivity index (χ3v) is 12.8. The van der Waals surface area contributed by atoms with Gasteiger partial charge in [-0.05, 0) is 103 Å². The van der Waals surface area contributed by atoms with E-state index in [2.05, 4.69) is 181 Å². The van der Waals surface area contributed by atoms with Crippen molar-refractivity contribution in [3.8, 4) is 44.5 Å². The van der Waals surface area contributed by atoms with Crippen LogP contribution in [0, 0.1) is 0 Å². The molecule has 8 aromatic carbocycles. The largest absolute Gasteiger partial charge is 0.309 e. The summed E-state index contributed by atoms with van der Waals surface area (Å²) in [4.78, 5) is 2.50. The lowest BCUT2D eigenvalue weighted by molar-refractivity contribution is 0.818. The highest BCUT2D eigenvalue weighted by Gasteiger charge is 2.57. The van der Waals surface area contributed by atoms with Crippen LogP contribution in [-0.2, 0) is 5.41 Å². The smallest absolute Gasteiger partial charge is 0.0738 e. The second kappa shape index (κ2) is 9.94. The fraction of sp³-hybridized carbons (Fsp3) is 0.0204. The second-order valence-electron chi connectivity index (χ2n) is 14.0. The molecule has 3 aliphatic carbocycles. The number of rotatable bonds is 4. The SMILES string of the molecule is c1ccc(-c2ccc(N(c3ccc4c(c3)C35c6ccccc6-c6cccc(c63)-c3cccc-4c35)c3cccc4c3sc3ccccc34)cc2)cc1. The zero-order valence-corrected chi connectivity index (χ0v) is 28.4. The number of anilines is 3. The topological polar surface area (TPSA) is 3.24 Å². The lowest BCUT2D eigenvalue weighted by Gasteiger charge is -2.30. The molecule has 0 bridgehead atoms. The minimum atomic E-state index is -0.327. The maximum atomic E-state index is 2.52. The van der Waals surface area contributed by atoms with Crippen molar-refractivity contribution in [1.82, 2.24) is 0 Å². The van der Waals surface area contributed by atoms with Crippen molar-refractivity contribution in [1.29, 1.82) is 0 Å². The van der Waals surface area contributed by atoms with Crippen LogP contribution >= 0.6 is 11.3 Å². The molecule has 0 saturated carbocycles. The van der Waals surface area contributed by atoms with Gasteiger partial charge in [0.05, 0.1) is 15.8 Å². The molecule has 1 atom stereocenters. The van der Waals surface area contributed by atoms with Crippen LogP contribution in [0.4, 0.5) is 17.1 Å². The van der Waals surface area contributed by atoms with Gasteiger partial charge in [0, 0.05) is 26.8 Å². The fourth-order valence-electron chi connectivity index (χ4n) is 9.65. The van der Waals surface area contributed by atoms with Crippen molar-refractivity contribution in [3.63, 3.8) is 0 Å². The van der Waals surface area contributed by atoms with Crippen LogP contribution in [-0.4, -0.2) is 0 Å². The molecule has 9 aromatic rings. The summed E-state index contributed by atoms with van der Waals surface area (Å²) in [6.07, 6.45) is 0. The molecule has 51 heavy (non-hydrogen) atoms. The summed E-state index contributed by atoms with van der Waals surface area (Å²) < 4.78 is 2.61. The first-order valence-corrected chi connectivity index (χ1v) is 18.5. The molecule has 1 heterocycles. The normalized spacial score (nSPS) is 15.5. The molecule has 0 radical (unpaired) electrons. The van der Waals surface area contributed by atoms with Gasteiger partial charge in [0.2, 0.25) is 0 Å². The van der Waals surface area contributed by atoms with Crippen LogP contribution in [0.25, 0.3) is 64.7 Å².